The Labute approximate surface area is 341 Å². The number of fused-ring (bicyclic) bond motifs is 1. The molecule has 0 fully saturated rings. The molecule has 0 spiro atoms. The summed E-state index contributed by atoms with van der Waals surface area (Å²) in [6.45, 7) is 15.7. The van der Waals surface area contributed by atoms with E-state index >= 15 is 0 Å². The lowest BCUT2D eigenvalue weighted by atomic mass is 9.61. The molecule has 0 aliphatic heterocycles. The predicted molar refractivity (Wildman–Crippen MR) is 238 cm³/mol. The molecule has 0 atom stereocenters. The molecule has 8 aromatic rings. The monoisotopic (exact) mass is 755 g/mol. The van der Waals surface area contributed by atoms with E-state index in [1.165, 1.54) is 50.2 Å². The van der Waals surface area contributed by atoms with Gasteiger partial charge in [0, 0.05) is 28.5 Å². The van der Waals surface area contributed by atoms with Crippen LogP contribution in [0.3, 0.4) is 0 Å². The molecule has 0 saturated heterocycles. The van der Waals surface area contributed by atoms with Crippen LogP contribution in [-0.4, -0.2) is 19.6 Å². The first-order valence-corrected chi connectivity index (χ1v) is 20.8. The van der Waals surface area contributed by atoms with Crippen molar-refractivity contribution in [2.24, 2.45) is 0 Å². The van der Waals surface area contributed by atoms with E-state index in [1.807, 2.05) is 18.2 Å². The van der Waals surface area contributed by atoms with Gasteiger partial charge in [-0.05, 0) is 110 Å². The first-order chi connectivity index (χ1) is 28.0. The van der Waals surface area contributed by atoms with Crippen LogP contribution >= 0.6 is 0 Å². The second-order valence-corrected chi connectivity index (χ2v) is 17.9. The van der Waals surface area contributed by atoms with Gasteiger partial charge >= 0.3 is 0 Å². The SMILES string of the molecule is CC(C)c1cccc(C(C)C)c1-n1c(-c2cccc(-c3cccc(-c4cc(C(C)(C)C)ccc4O)n3)c2)nc2cc3c(cc21)C1c2ccccc2C3c2ccccc21. The number of para-hydroxylation sites is 1. The molecule has 11 rings (SSSR count). The van der Waals surface area contributed by atoms with Gasteiger partial charge in [0.05, 0.1) is 28.1 Å². The number of phenols is 1. The van der Waals surface area contributed by atoms with Gasteiger partial charge in [0.25, 0.3) is 0 Å². The van der Waals surface area contributed by atoms with E-state index in [1.54, 1.807) is 6.07 Å². The van der Waals surface area contributed by atoms with Crippen molar-refractivity contribution >= 4 is 11.0 Å². The van der Waals surface area contributed by atoms with Gasteiger partial charge in [0.1, 0.15) is 11.6 Å². The molecule has 4 nitrogen and oxygen atoms in total. The summed E-state index contributed by atoms with van der Waals surface area (Å²) in [5, 5.41) is 11.0. The fourth-order valence-corrected chi connectivity index (χ4v) is 9.70. The zero-order valence-electron chi connectivity index (χ0n) is 34.4. The number of imidazole rings is 1. The van der Waals surface area contributed by atoms with E-state index in [2.05, 4.69) is 168 Å². The van der Waals surface area contributed by atoms with Crippen molar-refractivity contribution in [2.75, 3.05) is 0 Å². The number of phenolic OH excluding ortho intramolecular Hbond substituents is 1. The Bertz CT molecular complexity index is 2850. The quantitative estimate of drug-likeness (QED) is 0.184. The highest BCUT2D eigenvalue weighted by Gasteiger charge is 2.41. The van der Waals surface area contributed by atoms with E-state index in [4.69, 9.17) is 9.97 Å². The number of rotatable bonds is 6. The lowest BCUT2D eigenvalue weighted by Crippen LogP contribution is -2.27. The van der Waals surface area contributed by atoms with Crippen LogP contribution in [0.4, 0.5) is 0 Å². The molecule has 1 N–H and O–H groups in total. The van der Waals surface area contributed by atoms with Gasteiger partial charge in [0.2, 0.25) is 0 Å². The van der Waals surface area contributed by atoms with Crippen molar-refractivity contribution in [3.63, 3.8) is 0 Å². The highest BCUT2D eigenvalue weighted by molar-refractivity contribution is 5.88. The van der Waals surface area contributed by atoms with Crippen LogP contribution < -0.4 is 0 Å². The first kappa shape index (κ1) is 36.1. The van der Waals surface area contributed by atoms with E-state index < -0.39 is 0 Å². The molecule has 286 valence electrons. The summed E-state index contributed by atoms with van der Waals surface area (Å²) >= 11 is 0. The molecule has 2 bridgehead atoms. The maximum absolute atomic E-state index is 11.0. The second kappa shape index (κ2) is 13.4. The smallest absolute Gasteiger partial charge is 0.145 e. The highest BCUT2D eigenvalue weighted by Crippen LogP contribution is 2.56. The van der Waals surface area contributed by atoms with Gasteiger partial charge < -0.3 is 5.11 Å². The van der Waals surface area contributed by atoms with Gasteiger partial charge in [-0.2, -0.15) is 0 Å². The third-order valence-corrected chi connectivity index (χ3v) is 12.6. The molecule has 0 amide bonds. The summed E-state index contributed by atoms with van der Waals surface area (Å²) < 4.78 is 2.47. The second-order valence-electron chi connectivity index (χ2n) is 17.9. The number of hydrogen-bond acceptors (Lipinski definition) is 3. The summed E-state index contributed by atoms with van der Waals surface area (Å²) in [4.78, 5) is 10.8. The summed E-state index contributed by atoms with van der Waals surface area (Å²) in [6.07, 6.45) is 0. The first-order valence-electron chi connectivity index (χ1n) is 20.8. The predicted octanol–water partition coefficient (Wildman–Crippen LogP) is 13.7. The van der Waals surface area contributed by atoms with Crippen LogP contribution in [0, 0.1) is 0 Å². The summed E-state index contributed by atoms with van der Waals surface area (Å²) in [5.74, 6) is 2.09. The fraction of sp³-hybridized carbons (Fsp3) is 0.222. The molecule has 3 aliphatic rings. The van der Waals surface area contributed by atoms with Gasteiger partial charge in [-0.15, -0.1) is 0 Å². The molecule has 58 heavy (non-hydrogen) atoms. The summed E-state index contributed by atoms with van der Waals surface area (Å²) in [5.41, 5.74) is 19.8. The Morgan fingerprint density at radius 2 is 1.09 bits per heavy atom. The Hall–Kier alpha value is -6.26. The average molecular weight is 756 g/mol. The zero-order valence-corrected chi connectivity index (χ0v) is 34.4. The minimum Gasteiger partial charge on any atom is -0.507 e. The van der Waals surface area contributed by atoms with Crippen LogP contribution in [-0.2, 0) is 5.41 Å². The Balaban J connectivity index is 1.20. The topological polar surface area (TPSA) is 50.9 Å². The summed E-state index contributed by atoms with van der Waals surface area (Å²) in [7, 11) is 0. The number of pyridine rings is 1. The van der Waals surface area contributed by atoms with Crippen molar-refractivity contribution in [1.82, 2.24) is 14.5 Å². The highest BCUT2D eigenvalue weighted by atomic mass is 16.3. The van der Waals surface area contributed by atoms with Crippen LogP contribution in [0.2, 0.25) is 0 Å². The van der Waals surface area contributed by atoms with E-state index in [0.717, 1.165) is 50.5 Å². The van der Waals surface area contributed by atoms with Gasteiger partial charge in [-0.3, -0.25) is 4.57 Å². The van der Waals surface area contributed by atoms with E-state index in [9.17, 15) is 5.11 Å². The lowest BCUT2D eigenvalue weighted by molar-refractivity contribution is 0.476. The Kier molecular flexibility index (Phi) is 8.35. The molecule has 0 saturated carbocycles. The Morgan fingerprint density at radius 1 is 0.534 bits per heavy atom. The normalized spacial score (nSPS) is 15.5. The molecule has 6 aromatic carbocycles. The van der Waals surface area contributed by atoms with Crippen LogP contribution in [0.15, 0.2) is 140 Å². The molecule has 2 aromatic heterocycles. The largest absolute Gasteiger partial charge is 0.507 e. The summed E-state index contributed by atoms with van der Waals surface area (Å²) in [6, 6.07) is 50.4. The minimum absolute atomic E-state index is 0.0592. The Morgan fingerprint density at radius 3 is 1.69 bits per heavy atom. The third kappa shape index (κ3) is 5.64. The molecule has 3 aliphatic carbocycles. The van der Waals surface area contributed by atoms with Gasteiger partial charge in [-0.25, -0.2) is 9.97 Å². The van der Waals surface area contributed by atoms with Crippen molar-refractivity contribution < 1.29 is 5.11 Å². The van der Waals surface area contributed by atoms with E-state index in [-0.39, 0.29) is 23.0 Å². The molecule has 4 heteroatoms. The van der Waals surface area contributed by atoms with E-state index in [0.29, 0.717) is 11.8 Å². The number of benzene rings is 6. The minimum atomic E-state index is -0.0592. The van der Waals surface area contributed by atoms with Crippen LogP contribution in [0.5, 0.6) is 5.75 Å². The lowest BCUT2D eigenvalue weighted by Gasteiger charge is -2.42. The molecule has 0 unspecified atom stereocenters. The average Bonchev–Trinajstić information content (AvgIpc) is 3.60. The molecule has 2 heterocycles. The van der Waals surface area contributed by atoms with Crippen LogP contribution in [0.1, 0.15) is 122 Å². The van der Waals surface area contributed by atoms with Crippen molar-refractivity contribution in [1.29, 1.82) is 0 Å². The number of aromatic nitrogens is 3. The fourth-order valence-electron chi connectivity index (χ4n) is 9.70. The maximum atomic E-state index is 11.0. The zero-order chi connectivity index (χ0) is 40.0. The van der Waals surface area contributed by atoms with Crippen molar-refractivity contribution in [2.45, 2.75) is 77.6 Å². The number of hydrogen-bond donors (Lipinski definition) is 1. The third-order valence-electron chi connectivity index (χ3n) is 12.6. The van der Waals surface area contributed by atoms with Gasteiger partial charge in [-0.1, -0.05) is 146 Å². The number of aromatic hydroxyl groups is 1. The molecular formula is C54H49N3O. The molecular weight excluding hydrogens is 707 g/mol. The van der Waals surface area contributed by atoms with Crippen LogP contribution in [0.25, 0.3) is 50.6 Å². The van der Waals surface area contributed by atoms with Crippen molar-refractivity contribution in [3.05, 3.63) is 190 Å². The number of nitrogens with zero attached hydrogens (tertiary/aromatic N) is 3. The van der Waals surface area contributed by atoms with Gasteiger partial charge in [0.15, 0.2) is 0 Å². The standard InChI is InChI=1S/C54H49N3O/c1-31(2)36-21-13-22-37(32(3)4)52(36)57-48-30-43-42(50-38-17-8-10-19-40(38)51(43)41-20-11-9-18-39(41)50)29-47(48)56-53(57)34-16-12-15-33(27-34)45-23-14-24-46(55-45)44-28-35(54(5,6)7)25-26-49(44)58/h8-32,50-51,58H,1-7H3. The maximum Gasteiger partial charge on any atom is 0.145 e. The van der Waals surface area contributed by atoms with Crippen molar-refractivity contribution in [3.8, 4) is 45.3 Å². The molecule has 0 radical (unpaired) electrons.